The number of nitrogens with zero attached hydrogens (tertiary/aromatic N) is 3. The van der Waals surface area contributed by atoms with Gasteiger partial charge in [0.2, 0.25) is 0 Å². The van der Waals surface area contributed by atoms with Crippen molar-refractivity contribution in [1.29, 1.82) is 0 Å². The number of amides is 1. The van der Waals surface area contributed by atoms with Crippen molar-refractivity contribution < 1.29 is 23.7 Å². The van der Waals surface area contributed by atoms with Crippen molar-refractivity contribution in [2.24, 2.45) is 0 Å². The summed E-state index contributed by atoms with van der Waals surface area (Å²) in [6.45, 7) is 4.95. The molecular weight excluding hydrogens is 446 g/mol. The molecule has 0 bridgehead atoms. The second-order valence-corrected chi connectivity index (χ2v) is 8.81. The highest BCUT2D eigenvalue weighted by Gasteiger charge is 2.46. The number of aromatic nitrogens is 2. The fraction of sp³-hybridized carbons (Fsp3) is 0.407. The van der Waals surface area contributed by atoms with Gasteiger partial charge in [0.15, 0.2) is 11.5 Å². The van der Waals surface area contributed by atoms with E-state index in [1.807, 2.05) is 34.0 Å². The molecule has 8 nitrogen and oxygen atoms in total. The summed E-state index contributed by atoms with van der Waals surface area (Å²) in [6.07, 6.45) is 3.34. The molecule has 0 saturated carbocycles. The lowest BCUT2D eigenvalue weighted by Crippen LogP contribution is -2.49. The van der Waals surface area contributed by atoms with E-state index in [2.05, 4.69) is 18.1 Å². The summed E-state index contributed by atoms with van der Waals surface area (Å²) in [5.74, 6) is 1.98. The first kappa shape index (κ1) is 23.2. The van der Waals surface area contributed by atoms with E-state index < -0.39 is 5.60 Å². The average molecular weight is 478 g/mol. The Morgan fingerprint density at radius 2 is 1.89 bits per heavy atom. The SMILES string of the molecule is CCn1ncc2c1-c1ccccc1OC21CCN(C(=O)c2ccc(OCCOC)c(OC)c2)CC1. The van der Waals surface area contributed by atoms with Crippen molar-refractivity contribution in [2.45, 2.75) is 31.9 Å². The van der Waals surface area contributed by atoms with Gasteiger partial charge < -0.3 is 23.8 Å². The number of hydrogen-bond acceptors (Lipinski definition) is 6. The number of piperidine rings is 1. The summed E-state index contributed by atoms with van der Waals surface area (Å²) < 4.78 is 24.9. The Labute approximate surface area is 205 Å². The molecule has 184 valence electrons. The van der Waals surface area contributed by atoms with Gasteiger partial charge >= 0.3 is 0 Å². The van der Waals surface area contributed by atoms with Gasteiger partial charge in [-0.2, -0.15) is 5.10 Å². The summed E-state index contributed by atoms with van der Waals surface area (Å²) in [5.41, 5.74) is 3.41. The highest BCUT2D eigenvalue weighted by molar-refractivity contribution is 5.95. The highest BCUT2D eigenvalue weighted by atomic mass is 16.5. The van der Waals surface area contributed by atoms with Gasteiger partial charge in [0.05, 0.1) is 25.6 Å². The third-order valence-corrected chi connectivity index (χ3v) is 6.89. The van der Waals surface area contributed by atoms with Gasteiger partial charge in [-0.05, 0) is 37.3 Å². The summed E-state index contributed by atoms with van der Waals surface area (Å²) >= 11 is 0. The number of hydrogen-bond donors (Lipinski definition) is 0. The van der Waals surface area contributed by atoms with Gasteiger partial charge in [-0.1, -0.05) is 12.1 Å². The van der Waals surface area contributed by atoms with E-state index >= 15 is 0 Å². The molecule has 1 saturated heterocycles. The molecule has 0 radical (unpaired) electrons. The van der Waals surface area contributed by atoms with Crippen LogP contribution in [0.1, 0.15) is 35.7 Å². The molecule has 0 N–H and O–H groups in total. The first-order chi connectivity index (χ1) is 17.1. The number of para-hydroxylation sites is 1. The zero-order valence-corrected chi connectivity index (χ0v) is 20.5. The molecule has 8 heteroatoms. The number of benzene rings is 2. The molecule has 3 aromatic rings. The van der Waals surface area contributed by atoms with Crippen LogP contribution in [0.15, 0.2) is 48.7 Å². The molecule has 3 heterocycles. The standard InChI is InChI=1S/C27H31N3O5/c1-4-30-25-20-7-5-6-8-22(20)35-27(21(25)18-28-30)11-13-29(14-12-27)26(31)19-9-10-23(24(17-19)33-3)34-16-15-32-2/h5-10,17-18H,4,11-16H2,1-3H3. The van der Waals surface area contributed by atoms with Crippen LogP contribution in [0.25, 0.3) is 11.3 Å². The number of likely N-dealkylation sites (tertiary alicyclic amines) is 1. The lowest BCUT2D eigenvalue weighted by atomic mass is 9.81. The fourth-order valence-corrected chi connectivity index (χ4v) is 5.04. The molecular formula is C27H31N3O5. The van der Waals surface area contributed by atoms with Crippen molar-refractivity contribution in [2.75, 3.05) is 40.5 Å². The van der Waals surface area contributed by atoms with E-state index in [1.165, 1.54) is 0 Å². The van der Waals surface area contributed by atoms with Gasteiger partial charge in [-0.25, -0.2) is 0 Å². The number of methoxy groups -OCH3 is 2. The van der Waals surface area contributed by atoms with Crippen LogP contribution in [0.3, 0.4) is 0 Å². The first-order valence-electron chi connectivity index (χ1n) is 12.0. The van der Waals surface area contributed by atoms with E-state index in [4.69, 9.17) is 18.9 Å². The Bertz CT molecular complexity index is 1210. The van der Waals surface area contributed by atoms with Crippen LogP contribution in [-0.2, 0) is 16.9 Å². The van der Waals surface area contributed by atoms with Crippen LogP contribution in [-0.4, -0.2) is 61.1 Å². The summed E-state index contributed by atoms with van der Waals surface area (Å²) in [5, 5.41) is 4.64. The zero-order valence-electron chi connectivity index (χ0n) is 20.5. The van der Waals surface area contributed by atoms with E-state index in [0.29, 0.717) is 56.2 Å². The molecule has 1 aromatic heterocycles. The van der Waals surface area contributed by atoms with Crippen LogP contribution in [0.5, 0.6) is 17.2 Å². The van der Waals surface area contributed by atoms with E-state index in [9.17, 15) is 4.79 Å². The molecule has 0 atom stereocenters. The largest absolute Gasteiger partial charge is 0.493 e. The Morgan fingerprint density at radius 1 is 1.09 bits per heavy atom. The van der Waals surface area contributed by atoms with Crippen LogP contribution >= 0.6 is 0 Å². The van der Waals surface area contributed by atoms with Gasteiger partial charge in [-0.15, -0.1) is 0 Å². The second-order valence-electron chi connectivity index (χ2n) is 8.81. The summed E-state index contributed by atoms with van der Waals surface area (Å²) in [7, 11) is 3.20. The molecule has 1 fully saturated rings. The van der Waals surface area contributed by atoms with E-state index in [1.54, 1.807) is 32.4 Å². The molecule has 5 rings (SSSR count). The average Bonchev–Trinajstić information content (AvgIpc) is 3.35. The maximum atomic E-state index is 13.4. The normalized spacial score (nSPS) is 15.8. The molecule has 2 aromatic carbocycles. The lowest BCUT2D eigenvalue weighted by molar-refractivity contribution is -0.00175. The number of ether oxygens (including phenoxy) is 4. The molecule has 0 unspecified atom stereocenters. The number of rotatable bonds is 7. The van der Waals surface area contributed by atoms with Crippen LogP contribution in [0.4, 0.5) is 0 Å². The molecule has 1 spiro atoms. The van der Waals surface area contributed by atoms with Crippen molar-refractivity contribution in [3.63, 3.8) is 0 Å². The summed E-state index contributed by atoms with van der Waals surface area (Å²) in [6, 6.07) is 13.4. The van der Waals surface area contributed by atoms with Crippen LogP contribution in [0, 0.1) is 0 Å². The minimum Gasteiger partial charge on any atom is -0.493 e. The maximum Gasteiger partial charge on any atom is 0.253 e. The predicted molar refractivity (Wildman–Crippen MR) is 131 cm³/mol. The third-order valence-electron chi connectivity index (χ3n) is 6.89. The van der Waals surface area contributed by atoms with Crippen molar-refractivity contribution in [3.05, 3.63) is 59.8 Å². The quantitative estimate of drug-likeness (QED) is 0.477. The number of carbonyl (C=O) groups is 1. The Balaban J connectivity index is 1.34. The van der Waals surface area contributed by atoms with Crippen molar-refractivity contribution in [3.8, 4) is 28.5 Å². The number of fused-ring (bicyclic) bond motifs is 4. The predicted octanol–water partition coefficient (Wildman–Crippen LogP) is 4.13. The smallest absolute Gasteiger partial charge is 0.253 e. The maximum absolute atomic E-state index is 13.4. The topological polar surface area (TPSA) is 75.1 Å². The van der Waals surface area contributed by atoms with Crippen LogP contribution in [0.2, 0.25) is 0 Å². The molecule has 1 amide bonds. The third kappa shape index (κ3) is 4.12. The first-order valence-corrected chi connectivity index (χ1v) is 12.0. The monoisotopic (exact) mass is 477 g/mol. The number of carbonyl (C=O) groups excluding carboxylic acids is 1. The van der Waals surface area contributed by atoms with E-state index in [0.717, 1.165) is 29.1 Å². The lowest BCUT2D eigenvalue weighted by Gasteiger charge is -2.44. The van der Waals surface area contributed by atoms with Gasteiger partial charge in [-0.3, -0.25) is 9.48 Å². The molecule has 2 aliphatic rings. The minimum absolute atomic E-state index is 0.0257. The minimum atomic E-state index is -0.482. The highest BCUT2D eigenvalue weighted by Crippen LogP contribution is 2.49. The molecule has 2 aliphatic heterocycles. The Morgan fingerprint density at radius 3 is 2.63 bits per heavy atom. The van der Waals surface area contributed by atoms with Gasteiger partial charge in [0.1, 0.15) is 18.0 Å². The zero-order chi connectivity index (χ0) is 24.4. The number of aryl methyl sites for hydroxylation is 1. The second kappa shape index (κ2) is 9.62. The van der Waals surface area contributed by atoms with E-state index in [-0.39, 0.29) is 5.91 Å². The molecule has 0 aliphatic carbocycles. The van der Waals surface area contributed by atoms with Gasteiger partial charge in [0, 0.05) is 56.3 Å². The summed E-state index contributed by atoms with van der Waals surface area (Å²) in [4.78, 5) is 15.2. The van der Waals surface area contributed by atoms with Crippen molar-refractivity contribution >= 4 is 5.91 Å². The Hall–Kier alpha value is -3.52. The Kier molecular flexibility index (Phi) is 6.38. The van der Waals surface area contributed by atoms with Crippen molar-refractivity contribution in [1.82, 2.24) is 14.7 Å². The fourth-order valence-electron chi connectivity index (χ4n) is 5.04. The van der Waals surface area contributed by atoms with Crippen LogP contribution < -0.4 is 14.2 Å². The van der Waals surface area contributed by atoms with Gasteiger partial charge in [0.25, 0.3) is 5.91 Å². The molecule has 35 heavy (non-hydrogen) atoms.